The fourth-order valence-electron chi connectivity index (χ4n) is 3.47. The zero-order valence-electron chi connectivity index (χ0n) is 13.8. The fraction of sp³-hybridized carbons (Fsp3) is 0.625. The van der Waals surface area contributed by atoms with Crippen LogP contribution >= 0.6 is 0 Å². The summed E-state index contributed by atoms with van der Waals surface area (Å²) in [5, 5.41) is 3.48. The van der Waals surface area contributed by atoms with Crippen LogP contribution in [0.4, 0.5) is 4.79 Å². The molecule has 2 fully saturated rings. The summed E-state index contributed by atoms with van der Waals surface area (Å²) in [6.45, 7) is 4.29. The number of guanidine groups is 1. The highest BCUT2D eigenvalue weighted by atomic mass is 16.2. The van der Waals surface area contributed by atoms with Gasteiger partial charge in [-0.05, 0) is 12.8 Å². The number of rotatable bonds is 3. The molecule has 2 aliphatic heterocycles. The van der Waals surface area contributed by atoms with Crippen molar-refractivity contribution >= 4 is 23.7 Å². The Kier molecular flexibility index (Phi) is 4.19. The SMILES string of the molecule is C=CC[N+]1=C(NC2CCCCC2)N=C2C1C(=O)N(C)C(=O)N2C. The summed E-state index contributed by atoms with van der Waals surface area (Å²) in [5.41, 5.74) is 0. The molecular weight excluding hydrogens is 294 g/mol. The molecule has 0 bridgehead atoms. The maximum Gasteiger partial charge on any atom is 0.390 e. The van der Waals surface area contributed by atoms with Crippen LogP contribution in [-0.2, 0) is 4.79 Å². The molecule has 1 saturated heterocycles. The molecule has 0 aromatic carbocycles. The quantitative estimate of drug-likeness (QED) is 0.617. The van der Waals surface area contributed by atoms with Crippen LogP contribution in [0.2, 0.25) is 0 Å². The van der Waals surface area contributed by atoms with Crippen molar-refractivity contribution in [3.63, 3.8) is 0 Å². The van der Waals surface area contributed by atoms with Gasteiger partial charge in [-0.2, -0.15) is 0 Å². The smallest absolute Gasteiger partial charge is 0.272 e. The van der Waals surface area contributed by atoms with Crippen molar-refractivity contribution in [2.75, 3.05) is 20.6 Å². The molecule has 3 rings (SSSR count). The Hall–Kier alpha value is -2.18. The summed E-state index contributed by atoms with van der Waals surface area (Å²) in [7, 11) is 3.17. The van der Waals surface area contributed by atoms with E-state index in [0.717, 1.165) is 17.7 Å². The van der Waals surface area contributed by atoms with Gasteiger partial charge in [0.2, 0.25) is 11.9 Å². The number of amidine groups is 1. The van der Waals surface area contributed by atoms with Crippen molar-refractivity contribution in [1.82, 2.24) is 15.1 Å². The van der Waals surface area contributed by atoms with Crippen LogP contribution in [0.5, 0.6) is 0 Å². The van der Waals surface area contributed by atoms with E-state index in [9.17, 15) is 9.59 Å². The van der Waals surface area contributed by atoms with E-state index in [1.165, 1.54) is 31.2 Å². The fourth-order valence-corrected chi connectivity index (χ4v) is 3.47. The first-order valence-corrected chi connectivity index (χ1v) is 8.19. The van der Waals surface area contributed by atoms with Crippen LogP contribution in [0.3, 0.4) is 0 Å². The van der Waals surface area contributed by atoms with Gasteiger partial charge in [0.1, 0.15) is 0 Å². The molecule has 1 N–H and O–H groups in total. The highest BCUT2D eigenvalue weighted by Gasteiger charge is 2.51. The molecule has 1 aliphatic carbocycles. The van der Waals surface area contributed by atoms with Crippen molar-refractivity contribution < 1.29 is 14.2 Å². The van der Waals surface area contributed by atoms with Crippen molar-refractivity contribution in [2.24, 2.45) is 4.99 Å². The number of imide groups is 1. The number of likely N-dealkylation sites (N-methyl/N-ethyl adjacent to an activating group) is 2. The van der Waals surface area contributed by atoms with Gasteiger partial charge in [-0.1, -0.05) is 36.9 Å². The average Bonchev–Trinajstić information content (AvgIpc) is 2.91. The van der Waals surface area contributed by atoms with Gasteiger partial charge in [0.15, 0.2) is 0 Å². The zero-order chi connectivity index (χ0) is 16.6. The van der Waals surface area contributed by atoms with Crippen LogP contribution < -0.4 is 5.32 Å². The Balaban J connectivity index is 1.92. The number of nitrogens with zero attached hydrogens (tertiary/aromatic N) is 4. The number of hydrogen-bond acceptors (Lipinski definition) is 4. The van der Waals surface area contributed by atoms with E-state index in [-0.39, 0.29) is 11.9 Å². The standard InChI is InChI=1S/C16H23N5O2/c1-4-10-21-12-13(19(2)16(23)20(3)14(12)22)18-15(21)17-11-8-6-5-7-9-11/h4,11-12H,1,5-10H2,2-3H3/p+1. The number of nitrogens with one attached hydrogen (secondary N) is 1. The minimum absolute atomic E-state index is 0.242. The molecule has 3 aliphatic rings. The van der Waals surface area contributed by atoms with Crippen LogP contribution in [0.15, 0.2) is 17.6 Å². The number of amides is 3. The second-order valence-electron chi connectivity index (χ2n) is 6.36. The number of urea groups is 1. The van der Waals surface area contributed by atoms with E-state index < -0.39 is 6.04 Å². The number of fused-ring (bicyclic) bond motifs is 1. The van der Waals surface area contributed by atoms with E-state index >= 15 is 0 Å². The maximum atomic E-state index is 12.6. The second-order valence-corrected chi connectivity index (χ2v) is 6.36. The molecule has 124 valence electrons. The van der Waals surface area contributed by atoms with Crippen molar-refractivity contribution in [3.8, 4) is 0 Å². The Labute approximate surface area is 136 Å². The lowest BCUT2D eigenvalue weighted by Gasteiger charge is -2.31. The lowest BCUT2D eigenvalue weighted by atomic mass is 9.96. The van der Waals surface area contributed by atoms with Gasteiger partial charge in [-0.3, -0.25) is 19.9 Å². The molecule has 1 atom stereocenters. The third-order valence-corrected chi connectivity index (χ3v) is 4.79. The van der Waals surface area contributed by atoms with Gasteiger partial charge in [-0.15, -0.1) is 0 Å². The van der Waals surface area contributed by atoms with E-state index in [1.807, 2.05) is 4.58 Å². The number of hydrogen-bond donors (Lipinski definition) is 1. The summed E-state index contributed by atoms with van der Waals surface area (Å²) < 4.78 is 1.90. The predicted octanol–water partition coefficient (Wildman–Crippen LogP) is 0.768. The first-order valence-electron chi connectivity index (χ1n) is 8.19. The molecule has 3 amide bonds. The monoisotopic (exact) mass is 318 g/mol. The predicted molar refractivity (Wildman–Crippen MR) is 87.5 cm³/mol. The Bertz CT molecular complexity index is 604. The molecule has 0 aromatic heterocycles. The summed E-state index contributed by atoms with van der Waals surface area (Å²) in [6.07, 6.45) is 7.69. The van der Waals surface area contributed by atoms with E-state index in [2.05, 4.69) is 16.9 Å². The van der Waals surface area contributed by atoms with Gasteiger partial charge in [0.05, 0.1) is 12.6 Å². The van der Waals surface area contributed by atoms with Crippen LogP contribution in [-0.4, -0.2) is 70.8 Å². The van der Waals surface area contributed by atoms with Gasteiger partial charge >= 0.3 is 12.0 Å². The summed E-state index contributed by atoms with van der Waals surface area (Å²) in [6, 6.07) is -0.515. The van der Waals surface area contributed by atoms with Gasteiger partial charge in [0.25, 0.3) is 5.91 Å². The van der Waals surface area contributed by atoms with Crippen LogP contribution in [0.25, 0.3) is 0 Å². The van der Waals surface area contributed by atoms with Gasteiger partial charge < -0.3 is 0 Å². The number of carbonyl (C=O) groups excluding carboxylic acids is 2. The summed E-state index contributed by atoms with van der Waals surface area (Å²) in [4.78, 5) is 31.9. The van der Waals surface area contributed by atoms with Crippen molar-refractivity contribution in [1.29, 1.82) is 0 Å². The molecule has 0 spiro atoms. The molecule has 2 heterocycles. The Morgan fingerprint density at radius 3 is 2.61 bits per heavy atom. The third kappa shape index (κ3) is 2.64. The molecule has 23 heavy (non-hydrogen) atoms. The molecule has 0 radical (unpaired) electrons. The molecule has 1 saturated carbocycles. The average molecular weight is 318 g/mol. The zero-order valence-corrected chi connectivity index (χ0v) is 13.8. The lowest BCUT2D eigenvalue weighted by molar-refractivity contribution is -0.527. The first-order chi connectivity index (χ1) is 11.0. The highest BCUT2D eigenvalue weighted by molar-refractivity contribution is 6.22. The second kappa shape index (κ2) is 6.14. The Morgan fingerprint density at radius 2 is 1.96 bits per heavy atom. The largest absolute Gasteiger partial charge is 0.390 e. The molecular formula is C16H24N5O2+. The number of carbonyl (C=O) groups is 2. The first kappa shape index (κ1) is 15.7. The number of aliphatic imine (C=N–C) groups is 1. The minimum atomic E-state index is -0.549. The van der Waals surface area contributed by atoms with Crippen molar-refractivity contribution in [3.05, 3.63) is 12.7 Å². The van der Waals surface area contributed by atoms with Crippen LogP contribution in [0.1, 0.15) is 32.1 Å². The third-order valence-electron chi connectivity index (χ3n) is 4.79. The molecule has 7 heteroatoms. The molecule has 7 nitrogen and oxygen atoms in total. The summed E-state index contributed by atoms with van der Waals surface area (Å²) in [5.74, 6) is 0.938. The van der Waals surface area contributed by atoms with Crippen molar-refractivity contribution in [2.45, 2.75) is 44.2 Å². The van der Waals surface area contributed by atoms with E-state index in [4.69, 9.17) is 0 Å². The van der Waals surface area contributed by atoms with Gasteiger partial charge in [0, 0.05) is 14.1 Å². The van der Waals surface area contributed by atoms with Gasteiger partial charge in [-0.25, -0.2) is 9.37 Å². The van der Waals surface area contributed by atoms with Crippen LogP contribution in [0, 0.1) is 0 Å². The van der Waals surface area contributed by atoms with E-state index in [0.29, 0.717) is 24.4 Å². The summed E-state index contributed by atoms with van der Waals surface area (Å²) >= 11 is 0. The molecule has 0 aromatic rings. The van der Waals surface area contributed by atoms with E-state index in [1.54, 1.807) is 13.1 Å². The highest BCUT2D eigenvalue weighted by Crippen LogP contribution is 2.21. The topological polar surface area (TPSA) is 68.0 Å². The molecule has 1 unspecified atom stereocenters. The normalized spacial score (nSPS) is 25.7. The Morgan fingerprint density at radius 1 is 1.26 bits per heavy atom. The lowest BCUT2D eigenvalue weighted by Crippen LogP contribution is -2.61. The minimum Gasteiger partial charge on any atom is -0.272 e. The maximum absolute atomic E-state index is 12.6.